The molecule has 0 amide bonds. The van der Waals surface area contributed by atoms with Gasteiger partial charge >= 0.3 is 0 Å². The molecule has 5 heteroatoms. The van der Waals surface area contributed by atoms with Crippen molar-refractivity contribution >= 4 is 11.6 Å². The third kappa shape index (κ3) is 3.52. The minimum absolute atomic E-state index is 0.655. The maximum atomic E-state index is 5.94. The summed E-state index contributed by atoms with van der Waals surface area (Å²) in [5, 5.41) is 8.45. The number of hydrogen-bond donors (Lipinski definition) is 1. The van der Waals surface area contributed by atoms with Gasteiger partial charge in [0, 0.05) is 11.6 Å². The van der Waals surface area contributed by atoms with Crippen LogP contribution in [0.3, 0.4) is 0 Å². The normalized spacial score (nSPS) is 18.9. The topological polar surface area (TPSA) is 39.1 Å². The third-order valence-corrected chi connectivity index (χ3v) is 3.72. The van der Waals surface area contributed by atoms with Gasteiger partial charge in [-0.05, 0) is 50.0 Å². The number of rotatable bonds is 4. The molecule has 0 aliphatic carbocycles. The van der Waals surface area contributed by atoms with Gasteiger partial charge in [0.15, 0.2) is 5.75 Å². The van der Waals surface area contributed by atoms with Gasteiger partial charge in [0.05, 0.1) is 12.4 Å². The van der Waals surface area contributed by atoms with Crippen LogP contribution in [0.2, 0.25) is 5.02 Å². The smallest absolute Gasteiger partial charge is 0.165 e. The molecule has 2 aromatic rings. The second-order valence-electron chi connectivity index (χ2n) is 5.17. The van der Waals surface area contributed by atoms with Gasteiger partial charge in [-0.25, -0.2) is 0 Å². The molecule has 1 atom stereocenters. The molecule has 0 spiro atoms. The Hall–Kier alpha value is -1.52. The first kappa shape index (κ1) is 13.5. The van der Waals surface area contributed by atoms with E-state index < -0.39 is 0 Å². The molecule has 2 heterocycles. The molecule has 1 unspecified atom stereocenters. The van der Waals surface area contributed by atoms with E-state index in [1.807, 2.05) is 29.1 Å². The molecule has 20 heavy (non-hydrogen) atoms. The summed E-state index contributed by atoms with van der Waals surface area (Å²) < 4.78 is 7.70. The number of piperidine rings is 1. The highest BCUT2D eigenvalue weighted by atomic mass is 35.5. The zero-order chi connectivity index (χ0) is 13.8. The number of aromatic nitrogens is 2. The van der Waals surface area contributed by atoms with Crippen molar-refractivity contribution in [2.45, 2.75) is 19.4 Å². The number of ether oxygens (including phenoxy) is 1. The highest BCUT2D eigenvalue weighted by molar-refractivity contribution is 6.30. The second kappa shape index (κ2) is 6.29. The Morgan fingerprint density at radius 2 is 2.35 bits per heavy atom. The second-order valence-corrected chi connectivity index (χ2v) is 5.61. The van der Waals surface area contributed by atoms with E-state index in [9.17, 15) is 0 Å². The van der Waals surface area contributed by atoms with Gasteiger partial charge < -0.3 is 10.1 Å². The van der Waals surface area contributed by atoms with Crippen molar-refractivity contribution in [1.82, 2.24) is 15.1 Å². The SMILES string of the molecule is Clc1cccc(Oc2cnn(CC3CCCNC3)c2)c1. The van der Waals surface area contributed by atoms with Crippen LogP contribution in [0.25, 0.3) is 0 Å². The van der Waals surface area contributed by atoms with E-state index in [-0.39, 0.29) is 0 Å². The van der Waals surface area contributed by atoms with E-state index in [1.165, 1.54) is 12.8 Å². The van der Waals surface area contributed by atoms with Crippen LogP contribution in [0.4, 0.5) is 0 Å². The minimum atomic E-state index is 0.655. The first-order valence-electron chi connectivity index (χ1n) is 6.96. The number of halogens is 1. The summed E-state index contributed by atoms with van der Waals surface area (Å²) in [4.78, 5) is 0. The van der Waals surface area contributed by atoms with Crippen LogP contribution in [0.5, 0.6) is 11.5 Å². The average molecular weight is 292 g/mol. The Labute approximate surface area is 123 Å². The Bertz CT molecular complexity index is 564. The maximum absolute atomic E-state index is 5.94. The lowest BCUT2D eigenvalue weighted by Crippen LogP contribution is -2.32. The van der Waals surface area contributed by atoms with Crippen molar-refractivity contribution in [3.05, 3.63) is 41.7 Å². The van der Waals surface area contributed by atoms with Gasteiger partial charge in [-0.15, -0.1) is 0 Å². The minimum Gasteiger partial charge on any atom is -0.454 e. The lowest BCUT2D eigenvalue weighted by molar-refractivity contribution is 0.325. The Kier molecular flexibility index (Phi) is 4.23. The van der Waals surface area contributed by atoms with Crippen LogP contribution >= 0.6 is 11.6 Å². The van der Waals surface area contributed by atoms with E-state index in [1.54, 1.807) is 12.3 Å². The largest absolute Gasteiger partial charge is 0.454 e. The van der Waals surface area contributed by atoms with Gasteiger partial charge in [0.1, 0.15) is 5.75 Å². The summed E-state index contributed by atoms with van der Waals surface area (Å²) in [5.74, 6) is 2.13. The third-order valence-electron chi connectivity index (χ3n) is 3.49. The first-order valence-corrected chi connectivity index (χ1v) is 7.34. The average Bonchev–Trinajstić information content (AvgIpc) is 2.87. The highest BCUT2D eigenvalue weighted by Crippen LogP contribution is 2.24. The van der Waals surface area contributed by atoms with Crippen molar-refractivity contribution < 1.29 is 4.74 Å². The molecule has 3 rings (SSSR count). The Balaban J connectivity index is 1.61. The molecule has 1 aliphatic rings. The molecule has 1 fully saturated rings. The van der Waals surface area contributed by atoms with Crippen molar-refractivity contribution in [3.8, 4) is 11.5 Å². The molecule has 0 radical (unpaired) electrons. The molecule has 1 aliphatic heterocycles. The maximum Gasteiger partial charge on any atom is 0.165 e. The molecule has 4 nitrogen and oxygen atoms in total. The fourth-order valence-electron chi connectivity index (χ4n) is 2.51. The summed E-state index contributed by atoms with van der Waals surface area (Å²) in [6.45, 7) is 3.15. The van der Waals surface area contributed by atoms with Gasteiger partial charge in [-0.1, -0.05) is 17.7 Å². The predicted octanol–water partition coefficient (Wildman–Crippen LogP) is 3.33. The van der Waals surface area contributed by atoms with Crippen molar-refractivity contribution in [3.63, 3.8) is 0 Å². The van der Waals surface area contributed by atoms with E-state index in [0.717, 1.165) is 31.1 Å². The molecular weight excluding hydrogens is 274 g/mol. The molecule has 1 aromatic carbocycles. The standard InChI is InChI=1S/C15H18ClN3O/c16-13-4-1-5-14(7-13)20-15-9-18-19(11-15)10-12-3-2-6-17-8-12/h1,4-5,7,9,11-12,17H,2-3,6,8,10H2. The van der Waals surface area contributed by atoms with Gasteiger partial charge in [-0.3, -0.25) is 4.68 Å². The van der Waals surface area contributed by atoms with E-state index in [4.69, 9.17) is 16.3 Å². The van der Waals surface area contributed by atoms with Crippen molar-refractivity contribution in [1.29, 1.82) is 0 Å². The van der Waals surface area contributed by atoms with E-state index >= 15 is 0 Å². The molecule has 1 saturated heterocycles. The Morgan fingerprint density at radius 3 is 3.15 bits per heavy atom. The molecule has 0 bridgehead atoms. The number of hydrogen-bond acceptors (Lipinski definition) is 3. The molecule has 1 N–H and O–H groups in total. The van der Waals surface area contributed by atoms with Crippen LogP contribution in [-0.2, 0) is 6.54 Å². The number of benzene rings is 1. The summed E-state index contributed by atoms with van der Waals surface area (Å²) in [7, 11) is 0. The lowest BCUT2D eigenvalue weighted by atomic mass is 10.00. The zero-order valence-electron chi connectivity index (χ0n) is 11.3. The molecule has 0 saturated carbocycles. The molecule has 1 aromatic heterocycles. The van der Waals surface area contributed by atoms with E-state index in [0.29, 0.717) is 10.9 Å². The summed E-state index contributed by atoms with van der Waals surface area (Å²) in [6.07, 6.45) is 6.20. The van der Waals surface area contributed by atoms with Crippen LogP contribution in [0.1, 0.15) is 12.8 Å². The lowest BCUT2D eigenvalue weighted by Gasteiger charge is -2.22. The Morgan fingerprint density at radius 1 is 1.40 bits per heavy atom. The number of nitrogens with zero attached hydrogens (tertiary/aromatic N) is 2. The van der Waals surface area contributed by atoms with Crippen LogP contribution < -0.4 is 10.1 Å². The monoisotopic (exact) mass is 291 g/mol. The summed E-state index contributed by atoms with van der Waals surface area (Å²) >= 11 is 5.94. The van der Waals surface area contributed by atoms with Crippen molar-refractivity contribution in [2.24, 2.45) is 5.92 Å². The van der Waals surface area contributed by atoms with Gasteiger partial charge in [0.25, 0.3) is 0 Å². The van der Waals surface area contributed by atoms with Crippen LogP contribution in [0.15, 0.2) is 36.7 Å². The van der Waals surface area contributed by atoms with Gasteiger partial charge in [-0.2, -0.15) is 5.10 Å². The van der Waals surface area contributed by atoms with Gasteiger partial charge in [0.2, 0.25) is 0 Å². The first-order chi connectivity index (χ1) is 9.79. The predicted molar refractivity (Wildman–Crippen MR) is 79.3 cm³/mol. The fraction of sp³-hybridized carbons (Fsp3) is 0.400. The fourth-order valence-corrected chi connectivity index (χ4v) is 2.69. The summed E-state index contributed by atoms with van der Waals surface area (Å²) in [6, 6.07) is 7.38. The highest BCUT2D eigenvalue weighted by Gasteiger charge is 2.14. The van der Waals surface area contributed by atoms with Crippen molar-refractivity contribution in [2.75, 3.05) is 13.1 Å². The zero-order valence-corrected chi connectivity index (χ0v) is 12.0. The van der Waals surface area contributed by atoms with E-state index in [2.05, 4.69) is 10.4 Å². The molecular formula is C15H18ClN3O. The van der Waals surface area contributed by atoms with Crippen LogP contribution in [-0.4, -0.2) is 22.9 Å². The summed E-state index contributed by atoms with van der Waals surface area (Å²) in [5.41, 5.74) is 0. The van der Waals surface area contributed by atoms with Crippen LogP contribution in [0, 0.1) is 5.92 Å². The quantitative estimate of drug-likeness (QED) is 0.939. The molecule has 106 valence electrons. The number of nitrogens with one attached hydrogen (secondary N) is 1.